The van der Waals surface area contributed by atoms with Crippen LogP contribution in [0.15, 0.2) is 41.2 Å². The van der Waals surface area contributed by atoms with Crippen LogP contribution in [0.4, 0.5) is 28.8 Å². The first-order valence-electron chi connectivity index (χ1n) is 9.95. The molecule has 14 heteroatoms. The number of non-ortho nitro benzene ring substituents is 1. The molecule has 12 nitrogen and oxygen atoms in total. The third-order valence-corrected chi connectivity index (χ3v) is 5.65. The Kier molecular flexibility index (Phi) is 6.58. The molecule has 0 saturated carbocycles. The molecule has 0 saturated heterocycles. The lowest BCUT2D eigenvalue weighted by molar-refractivity contribution is -0.384. The summed E-state index contributed by atoms with van der Waals surface area (Å²) < 4.78 is 5.12. The van der Waals surface area contributed by atoms with Gasteiger partial charge in [-0.15, -0.1) is 0 Å². The second-order valence-electron chi connectivity index (χ2n) is 7.36. The van der Waals surface area contributed by atoms with Gasteiger partial charge in [0.15, 0.2) is 0 Å². The van der Waals surface area contributed by atoms with E-state index >= 15 is 0 Å². The minimum atomic E-state index is -1.18. The van der Waals surface area contributed by atoms with E-state index in [0.29, 0.717) is 10.7 Å². The van der Waals surface area contributed by atoms with Crippen LogP contribution < -0.4 is 26.2 Å². The van der Waals surface area contributed by atoms with E-state index in [0.717, 1.165) is 6.07 Å². The molecule has 4 rings (SSSR count). The maximum Gasteiger partial charge on any atom is 0.273 e. The van der Waals surface area contributed by atoms with Crippen molar-refractivity contribution in [1.29, 1.82) is 0 Å². The number of fused-ring (bicyclic) bond motifs is 1. The maximum atomic E-state index is 13.1. The van der Waals surface area contributed by atoms with Crippen molar-refractivity contribution in [3.63, 3.8) is 0 Å². The van der Waals surface area contributed by atoms with Crippen molar-refractivity contribution in [3.05, 3.63) is 72.5 Å². The number of ether oxygens (including phenoxy) is 1. The van der Waals surface area contributed by atoms with Crippen molar-refractivity contribution in [1.82, 2.24) is 9.97 Å². The summed E-state index contributed by atoms with van der Waals surface area (Å²) in [6.45, 7) is 0. The minimum Gasteiger partial charge on any atom is -0.494 e. The summed E-state index contributed by atoms with van der Waals surface area (Å²) in [7, 11) is 1.29. The molecular weight excluding hydrogens is 503 g/mol. The van der Waals surface area contributed by atoms with Crippen molar-refractivity contribution in [2.45, 2.75) is 12.3 Å². The van der Waals surface area contributed by atoms with E-state index in [1.807, 2.05) is 0 Å². The van der Waals surface area contributed by atoms with Crippen LogP contribution in [0.3, 0.4) is 0 Å². The number of methoxy groups -OCH3 is 1. The Morgan fingerprint density at radius 1 is 1.20 bits per heavy atom. The summed E-state index contributed by atoms with van der Waals surface area (Å²) in [5.74, 6) is -2.46. The Bertz CT molecular complexity index is 1430. The number of aromatic amines is 1. The van der Waals surface area contributed by atoms with Crippen LogP contribution in [0.2, 0.25) is 10.0 Å². The average Bonchev–Trinajstić information content (AvgIpc) is 2.80. The van der Waals surface area contributed by atoms with Crippen molar-refractivity contribution >= 4 is 63.8 Å². The molecule has 0 radical (unpaired) electrons. The van der Waals surface area contributed by atoms with Gasteiger partial charge < -0.3 is 20.7 Å². The van der Waals surface area contributed by atoms with Gasteiger partial charge in [-0.2, -0.15) is 4.98 Å². The Hall–Kier alpha value is -4.16. The molecular formula is C21H16Cl2N6O6. The van der Waals surface area contributed by atoms with Crippen LogP contribution in [0.25, 0.3) is 0 Å². The second-order valence-corrected chi connectivity index (χ2v) is 8.21. The monoisotopic (exact) mass is 518 g/mol. The average molecular weight is 519 g/mol. The van der Waals surface area contributed by atoms with E-state index in [2.05, 4.69) is 25.9 Å². The van der Waals surface area contributed by atoms with Crippen LogP contribution >= 0.6 is 23.2 Å². The SMILES string of the molecule is COc1cc([N+](=O)[O-])ccc1NC(=O)[C@H]1CC(=O)Nc2nc(Nc3ccc(Cl)cc3Cl)[nH]c(=O)c21. The molecule has 2 amide bonds. The van der Waals surface area contributed by atoms with Crippen molar-refractivity contribution in [2.75, 3.05) is 23.1 Å². The van der Waals surface area contributed by atoms with Crippen LogP contribution in [0.1, 0.15) is 17.9 Å². The first-order chi connectivity index (χ1) is 16.7. The van der Waals surface area contributed by atoms with E-state index in [1.54, 1.807) is 12.1 Å². The number of halogens is 2. The van der Waals surface area contributed by atoms with Gasteiger partial charge in [0, 0.05) is 17.5 Å². The molecule has 2 heterocycles. The van der Waals surface area contributed by atoms with E-state index in [9.17, 15) is 24.5 Å². The predicted molar refractivity (Wildman–Crippen MR) is 129 cm³/mol. The van der Waals surface area contributed by atoms with E-state index < -0.39 is 28.2 Å². The molecule has 1 aromatic heterocycles. The number of anilines is 4. The molecule has 2 aromatic carbocycles. The quantitative estimate of drug-likeness (QED) is 0.282. The topological polar surface area (TPSA) is 168 Å². The molecule has 0 spiro atoms. The zero-order chi connectivity index (χ0) is 25.3. The fourth-order valence-corrected chi connectivity index (χ4v) is 3.95. The Labute approximate surface area is 206 Å². The first-order valence-corrected chi connectivity index (χ1v) is 10.7. The number of carbonyl (C=O) groups is 2. The Balaban J connectivity index is 1.64. The van der Waals surface area contributed by atoms with Gasteiger partial charge in [-0.25, -0.2) is 0 Å². The number of nitro groups is 1. The largest absolute Gasteiger partial charge is 0.494 e. The third kappa shape index (κ3) is 5.03. The van der Waals surface area contributed by atoms with E-state index in [4.69, 9.17) is 27.9 Å². The summed E-state index contributed by atoms with van der Waals surface area (Å²) in [5.41, 5.74) is -0.394. The van der Waals surface area contributed by atoms with Gasteiger partial charge in [-0.05, 0) is 24.3 Å². The summed E-state index contributed by atoms with van der Waals surface area (Å²) in [5, 5.41) is 19.6. The molecule has 0 aliphatic carbocycles. The van der Waals surface area contributed by atoms with Gasteiger partial charge in [-0.3, -0.25) is 29.5 Å². The van der Waals surface area contributed by atoms with E-state index in [-0.39, 0.29) is 45.9 Å². The maximum absolute atomic E-state index is 13.1. The standard InChI is InChI=1S/C21H16Cl2N6O6/c1-35-15-7-10(29(33)34)3-5-14(15)24-19(31)11-8-16(30)26-18-17(11)20(32)28-21(27-18)25-13-4-2-9(22)6-12(13)23/h2-7,11H,8H2,1H3,(H,24,31)(H3,25,26,27,28,30,32)/t11-/m0/s1. The number of nitro benzene ring substituents is 1. The number of benzene rings is 2. The summed E-state index contributed by atoms with van der Waals surface area (Å²) in [4.78, 5) is 55.4. The molecule has 1 aliphatic heterocycles. The smallest absolute Gasteiger partial charge is 0.273 e. The fourth-order valence-electron chi connectivity index (χ4n) is 3.49. The zero-order valence-corrected chi connectivity index (χ0v) is 19.4. The summed E-state index contributed by atoms with van der Waals surface area (Å²) >= 11 is 12.0. The lowest BCUT2D eigenvalue weighted by Crippen LogP contribution is -2.36. The molecule has 4 N–H and O–H groups in total. The molecule has 1 atom stereocenters. The van der Waals surface area contributed by atoms with Crippen LogP contribution in [0.5, 0.6) is 5.75 Å². The van der Waals surface area contributed by atoms with Gasteiger partial charge >= 0.3 is 0 Å². The highest BCUT2D eigenvalue weighted by atomic mass is 35.5. The van der Waals surface area contributed by atoms with Gasteiger partial charge in [0.25, 0.3) is 11.2 Å². The lowest BCUT2D eigenvalue weighted by Gasteiger charge is -2.24. The predicted octanol–water partition coefficient (Wildman–Crippen LogP) is 3.80. The summed E-state index contributed by atoms with van der Waals surface area (Å²) in [6, 6.07) is 8.29. The third-order valence-electron chi connectivity index (χ3n) is 5.11. The highest BCUT2D eigenvalue weighted by Crippen LogP contribution is 2.34. The molecule has 0 fully saturated rings. The Morgan fingerprint density at radius 3 is 2.63 bits per heavy atom. The Morgan fingerprint density at radius 2 is 1.94 bits per heavy atom. The number of amides is 2. The van der Waals surface area contributed by atoms with Crippen LogP contribution in [-0.2, 0) is 9.59 Å². The molecule has 3 aromatic rings. The van der Waals surface area contributed by atoms with Gasteiger partial charge in [-0.1, -0.05) is 23.2 Å². The number of hydrogen-bond donors (Lipinski definition) is 4. The number of nitrogens with one attached hydrogen (secondary N) is 4. The highest BCUT2D eigenvalue weighted by molar-refractivity contribution is 6.36. The van der Waals surface area contributed by atoms with Crippen molar-refractivity contribution < 1.29 is 19.2 Å². The molecule has 180 valence electrons. The minimum absolute atomic E-state index is 0.0173. The van der Waals surface area contributed by atoms with Gasteiger partial charge in [0.1, 0.15) is 11.6 Å². The fraction of sp³-hybridized carbons (Fsp3) is 0.143. The number of rotatable bonds is 6. The number of nitrogens with zero attached hydrogens (tertiary/aromatic N) is 2. The van der Waals surface area contributed by atoms with Crippen molar-refractivity contribution in [3.8, 4) is 5.75 Å². The normalized spacial score (nSPS) is 14.5. The molecule has 0 bridgehead atoms. The first kappa shape index (κ1) is 24.0. The summed E-state index contributed by atoms with van der Waals surface area (Å²) in [6.07, 6.45) is -0.311. The molecule has 35 heavy (non-hydrogen) atoms. The molecule has 1 aliphatic rings. The zero-order valence-electron chi connectivity index (χ0n) is 17.8. The highest BCUT2D eigenvalue weighted by Gasteiger charge is 2.35. The number of hydrogen-bond acceptors (Lipinski definition) is 8. The van der Waals surface area contributed by atoms with Gasteiger partial charge in [0.05, 0.1) is 46.0 Å². The van der Waals surface area contributed by atoms with E-state index in [1.165, 1.54) is 25.3 Å². The second kappa shape index (κ2) is 9.60. The number of carbonyl (C=O) groups excluding carboxylic acids is 2. The van der Waals surface area contributed by atoms with Crippen LogP contribution in [-0.4, -0.2) is 33.8 Å². The lowest BCUT2D eigenvalue weighted by atomic mass is 9.92. The molecule has 0 unspecified atom stereocenters. The van der Waals surface area contributed by atoms with Gasteiger partial charge in [0.2, 0.25) is 17.8 Å². The number of H-pyrrole nitrogens is 1. The van der Waals surface area contributed by atoms with Crippen molar-refractivity contribution in [2.24, 2.45) is 0 Å². The van der Waals surface area contributed by atoms with Crippen LogP contribution in [0, 0.1) is 10.1 Å². The number of aromatic nitrogens is 2.